The number of aromatic nitrogens is 2. The van der Waals surface area contributed by atoms with Crippen molar-refractivity contribution in [2.75, 3.05) is 18.5 Å². The van der Waals surface area contributed by atoms with E-state index in [4.69, 9.17) is 0 Å². The molecule has 1 aromatic heterocycles. The lowest BCUT2D eigenvalue weighted by Gasteiger charge is -2.47. The summed E-state index contributed by atoms with van der Waals surface area (Å²) in [5.74, 6) is -1.33. The van der Waals surface area contributed by atoms with Gasteiger partial charge in [-0.15, -0.1) is 0 Å². The summed E-state index contributed by atoms with van der Waals surface area (Å²) in [4.78, 5) is 42.5. The van der Waals surface area contributed by atoms with Gasteiger partial charge in [0, 0.05) is 40.8 Å². The fourth-order valence-corrected chi connectivity index (χ4v) is 5.99. The highest BCUT2D eigenvalue weighted by molar-refractivity contribution is 9.10. The number of hydrogen-bond donors (Lipinski definition) is 1. The van der Waals surface area contributed by atoms with Crippen molar-refractivity contribution >= 4 is 45.2 Å². The summed E-state index contributed by atoms with van der Waals surface area (Å²) < 4.78 is 42.0. The summed E-state index contributed by atoms with van der Waals surface area (Å²) in [6.07, 6.45) is -2.91. The second-order valence-corrected chi connectivity index (χ2v) is 10.8. The first-order chi connectivity index (χ1) is 19.5. The van der Waals surface area contributed by atoms with Crippen LogP contribution in [-0.4, -0.2) is 52.0 Å². The van der Waals surface area contributed by atoms with Gasteiger partial charge in [-0.2, -0.15) is 23.5 Å². The van der Waals surface area contributed by atoms with E-state index < -0.39 is 35.6 Å². The van der Waals surface area contributed by atoms with E-state index in [1.807, 2.05) is 0 Å². The van der Waals surface area contributed by atoms with Crippen LogP contribution in [0.3, 0.4) is 0 Å². The van der Waals surface area contributed by atoms with E-state index in [-0.39, 0.29) is 41.2 Å². The lowest BCUT2D eigenvalue weighted by atomic mass is 9.84. The molecule has 2 aliphatic rings. The molecular formula is C28H24BrF3N6O3. The molecule has 1 N–H and O–H groups in total. The molecule has 0 bridgehead atoms. The minimum Gasteiger partial charge on any atom is -0.355 e. The first kappa shape index (κ1) is 28.4. The van der Waals surface area contributed by atoms with Crippen molar-refractivity contribution in [1.29, 1.82) is 5.26 Å². The summed E-state index contributed by atoms with van der Waals surface area (Å²) in [5.41, 5.74) is 0.340. The number of piperidine rings is 1. The number of fused-ring (bicyclic) bond motifs is 3. The Bertz CT molecular complexity index is 1580. The lowest BCUT2D eigenvalue weighted by Crippen LogP contribution is -2.56. The average Bonchev–Trinajstić information content (AvgIpc) is 3.35. The molecule has 1 saturated heterocycles. The fraction of sp³-hybridized carbons (Fsp3) is 0.321. The third-order valence-corrected chi connectivity index (χ3v) is 8.24. The number of nitrogens with zero attached hydrogens (tertiary/aromatic N) is 5. The Kier molecular flexibility index (Phi) is 7.37. The summed E-state index contributed by atoms with van der Waals surface area (Å²) in [6, 6.07) is 10.9. The first-order valence-electron chi connectivity index (χ1n) is 12.7. The molecule has 2 unspecified atom stereocenters. The van der Waals surface area contributed by atoms with Crippen molar-refractivity contribution in [1.82, 2.24) is 20.0 Å². The highest BCUT2D eigenvalue weighted by Crippen LogP contribution is 2.45. The average molecular weight is 629 g/mol. The zero-order valence-corrected chi connectivity index (χ0v) is 23.5. The number of carbonyl (C=O) groups is 3. The smallest absolute Gasteiger partial charge is 0.355 e. The zero-order valence-electron chi connectivity index (χ0n) is 21.9. The predicted molar refractivity (Wildman–Crippen MR) is 145 cm³/mol. The van der Waals surface area contributed by atoms with Gasteiger partial charge in [0.05, 0.1) is 41.9 Å². The molecule has 3 amide bonds. The van der Waals surface area contributed by atoms with Gasteiger partial charge >= 0.3 is 6.18 Å². The number of amides is 3. The van der Waals surface area contributed by atoms with Crippen LogP contribution in [0, 0.1) is 17.2 Å². The molecule has 2 aliphatic heterocycles. The number of benzene rings is 2. The summed E-state index contributed by atoms with van der Waals surface area (Å²) >= 11 is 2.91. The van der Waals surface area contributed by atoms with Gasteiger partial charge in [-0.3, -0.25) is 19.3 Å². The Hall–Kier alpha value is -4.18. The van der Waals surface area contributed by atoms with Crippen molar-refractivity contribution in [3.8, 4) is 6.07 Å². The Labute approximate surface area is 241 Å². The maximum absolute atomic E-state index is 14.0. The largest absolute Gasteiger partial charge is 0.417 e. The standard InChI is InChI=1S/C28H24BrF3N6O3/c1-15-11-20-23(14-36(15)26(40)17-5-8-22(29)21(12-17)28(30,31)32)38-25(18(9-10-33)13-35-38)37(27(20)41)19-6-3-16(4-7-19)24(39)34-2/h3-8,12-13,15,20,23H,9,11,14H2,1-2H3,(H,34,39)/t15-,20?,23?/m1/s1. The molecule has 41 heavy (non-hydrogen) atoms. The van der Waals surface area contributed by atoms with Crippen molar-refractivity contribution in [3.05, 3.63) is 75.4 Å². The van der Waals surface area contributed by atoms with Crippen LogP contribution >= 0.6 is 15.9 Å². The van der Waals surface area contributed by atoms with E-state index >= 15 is 0 Å². The van der Waals surface area contributed by atoms with Gasteiger partial charge in [0.1, 0.15) is 5.82 Å². The van der Waals surface area contributed by atoms with Crippen molar-refractivity contribution in [3.63, 3.8) is 0 Å². The van der Waals surface area contributed by atoms with Crippen LogP contribution in [0.25, 0.3) is 0 Å². The Morgan fingerprint density at radius 1 is 1.17 bits per heavy atom. The van der Waals surface area contributed by atoms with E-state index in [2.05, 4.69) is 32.4 Å². The molecule has 3 atom stereocenters. The summed E-state index contributed by atoms with van der Waals surface area (Å²) in [6.45, 7) is 1.80. The molecule has 0 spiro atoms. The van der Waals surface area contributed by atoms with Gasteiger partial charge in [0.15, 0.2) is 0 Å². The second kappa shape index (κ2) is 10.7. The molecule has 9 nitrogen and oxygen atoms in total. The zero-order chi connectivity index (χ0) is 29.6. The van der Waals surface area contributed by atoms with Crippen LogP contribution in [-0.2, 0) is 17.4 Å². The molecule has 3 aromatic rings. The van der Waals surface area contributed by atoms with Crippen LogP contribution in [0.5, 0.6) is 0 Å². The van der Waals surface area contributed by atoms with Gasteiger partial charge in [-0.05, 0) is 55.8 Å². The molecular weight excluding hydrogens is 605 g/mol. The molecule has 2 aromatic carbocycles. The van der Waals surface area contributed by atoms with Crippen LogP contribution < -0.4 is 10.2 Å². The number of likely N-dealkylation sites (tertiary alicyclic amines) is 1. The molecule has 0 radical (unpaired) electrons. The number of rotatable bonds is 4. The second-order valence-electron chi connectivity index (χ2n) is 9.98. The summed E-state index contributed by atoms with van der Waals surface area (Å²) in [7, 11) is 1.52. The van der Waals surface area contributed by atoms with Crippen LogP contribution in [0.4, 0.5) is 24.7 Å². The molecule has 1 fully saturated rings. The van der Waals surface area contributed by atoms with E-state index in [9.17, 15) is 32.8 Å². The summed E-state index contributed by atoms with van der Waals surface area (Å²) in [5, 5.41) is 16.5. The van der Waals surface area contributed by atoms with Gasteiger partial charge in [0.2, 0.25) is 5.91 Å². The van der Waals surface area contributed by atoms with Gasteiger partial charge in [-0.25, -0.2) is 4.68 Å². The third-order valence-electron chi connectivity index (χ3n) is 7.54. The highest BCUT2D eigenvalue weighted by Gasteiger charge is 2.48. The van der Waals surface area contributed by atoms with Crippen LogP contribution in [0.1, 0.15) is 51.2 Å². The third kappa shape index (κ3) is 4.97. The normalized spacial score (nSPS) is 20.2. The molecule has 0 aliphatic carbocycles. The van der Waals surface area contributed by atoms with Crippen molar-refractivity contribution < 1.29 is 27.6 Å². The van der Waals surface area contributed by atoms with E-state index in [1.165, 1.54) is 35.2 Å². The quantitative estimate of drug-likeness (QED) is 0.444. The number of carbonyl (C=O) groups excluding carboxylic acids is 3. The Balaban J connectivity index is 1.53. The van der Waals surface area contributed by atoms with E-state index in [0.29, 0.717) is 22.6 Å². The monoisotopic (exact) mass is 628 g/mol. The highest BCUT2D eigenvalue weighted by atomic mass is 79.9. The Morgan fingerprint density at radius 2 is 1.85 bits per heavy atom. The molecule has 212 valence electrons. The van der Waals surface area contributed by atoms with E-state index in [0.717, 1.165) is 6.07 Å². The SMILES string of the molecule is CNC(=O)c1ccc(N2C(=O)C3C[C@@H](C)N(C(=O)c4ccc(Br)c(C(F)(F)F)c4)CC3n3ncc(CC#N)c32)cc1. The number of nitrogens with one attached hydrogen (secondary N) is 1. The van der Waals surface area contributed by atoms with Gasteiger partial charge in [-0.1, -0.05) is 15.9 Å². The number of hydrogen-bond acceptors (Lipinski definition) is 5. The van der Waals surface area contributed by atoms with Gasteiger partial charge in [0.25, 0.3) is 11.8 Å². The van der Waals surface area contributed by atoms with Gasteiger partial charge < -0.3 is 10.2 Å². The topological polar surface area (TPSA) is 111 Å². The number of anilines is 2. The molecule has 5 rings (SSSR count). The molecule has 3 heterocycles. The van der Waals surface area contributed by atoms with Crippen molar-refractivity contribution in [2.45, 2.75) is 38.0 Å². The predicted octanol–water partition coefficient (Wildman–Crippen LogP) is 4.86. The molecule has 0 saturated carbocycles. The molecule has 13 heteroatoms. The maximum atomic E-state index is 14.0. The van der Waals surface area contributed by atoms with E-state index in [1.54, 1.807) is 35.9 Å². The first-order valence-corrected chi connectivity index (χ1v) is 13.5. The number of alkyl halides is 3. The minimum absolute atomic E-state index is 0.0228. The minimum atomic E-state index is -4.65. The van der Waals surface area contributed by atoms with Crippen LogP contribution in [0.2, 0.25) is 0 Å². The maximum Gasteiger partial charge on any atom is 0.417 e. The van der Waals surface area contributed by atoms with Crippen molar-refractivity contribution in [2.24, 2.45) is 5.92 Å². The fourth-order valence-electron chi connectivity index (χ4n) is 5.51. The Morgan fingerprint density at radius 3 is 2.49 bits per heavy atom. The lowest BCUT2D eigenvalue weighted by molar-refractivity contribution is -0.138. The number of halogens is 4. The van der Waals surface area contributed by atoms with Crippen LogP contribution in [0.15, 0.2) is 53.1 Å². The number of nitriles is 1.